The third-order valence-electron chi connectivity index (χ3n) is 3.90. The summed E-state index contributed by atoms with van der Waals surface area (Å²) >= 11 is 0. The number of ether oxygens (including phenoxy) is 1. The van der Waals surface area contributed by atoms with Gasteiger partial charge in [-0.25, -0.2) is 0 Å². The molecule has 0 aliphatic carbocycles. The molecule has 2 unspecified atom stereocenters. The van der Waals surface area contributed by atoms with Gasteiger partial charge in [0.2, 0.25) is 0 Å². The Hall–Kier alpha value is -1.32. The summed E-state index contributed by atoms with van der Waals surface area (Å²) in [5, 5.41) is 11.3. The molecule has 2 aromatic rings. The lowest BCUT2D eigenvalue weighted by atomic mass is 10.0. The van der Waals surface area contributed by atoms with Crippen LogP contribution in [0.2, 0.25) is 0 Å². The van der Waals surface area contributed by atoms with Crippen molar-refractivity contribution in [2.75, 3.05) is 6.61 Å². The normalized spacial score (nSPS) is 21.0. The maximum absolute atomic E-state index is 10.3. The molecule has 2 heterocycles. The minimum atomic E-state index is -0.440. The summed E-state index contributed by atoms with van der Waals surface area (Å²) in [5.41, 5.74) is 1.75. The molecule has 0 radical (unpaired) electrons. The molecular weight excluding hydrogens is 240 g/mol. The predicted molar refractivity (Wildman–Crippen MR) is 74.0 cm³/mol. The molecule has 1 saturated heterocycles. The Morgan fingerprint density at radius 3 is 3.05 bits per heavy atom. The van der Waals surface area contributed by atoms with Crippen molar-refractivity contribution >= 4 is 11.0 Å². The highest BCUT2D eigenvalue weighted by atomic mass is 16.5. The summed E-state index contributed by atoms with van der Waals surface area (Å²) < 4.78 is 11.1. The van der Waals surface area contributed by atoms with E-state index in [0.29, 0.717) is 6.10 Å². The first-order valence-electron chi connectivity index (χ1n) is 7.10. The van der Waals surface area contributed by atoms with Crippen LogP contribution in [0.5, 0.6) is 0 Å². The number of fused-ring (bicyclic) bond motifs is 1. The molecule has 102 valence electrons. The highest BCUT2D eigenvalue weighted by Gasteiger charge is 2.17. The molecule has 1 aromatic heterocycles. The van der Waals surface area contributed by atoms with E-state index in [9.17, 15) is 5.11 Å². The zero-order valence-electron chi connectivity index (χ0n) is 11.0. The predicted octanol–water partition coefficient (Wildman–Crippen LogP) is 3.82. The fourth-order valence-corrected chi connectivity index (χ4v) is 2.82. The van der Waals surface area contributed by atoms with Gasteiger partial charge in [0.15, 0.2) is 0 Å². The lowest BCUT2D eigenvalue weighted by molar-refractivity contribution is 0.0945. The molecule has 0 amide bonds. The third-order valence-corrected chi connectivity index (χ3v) is 3.90. The van der Waals surface area contributed by atoms with Crippen molar-refractivity contribution in [3.8, 4) is 0 Å². The smallest absolute Gasteiger partial charge is 0.134 e. The highest BCUT2D eigenvalue weighted by molar-refractivity contribution is 5.81. The van der Waals surface area contributed by atoms with Crippen LogP contribution in [0.25, 0.3) is 11.0 Å². The number of rotatable bonds is 5. The zero-order chi connectivity index (χ0) is 13.1. The number of aliphatic hydroxyl groups is 1. The van der Waals surface area contributed by atoms with Crippen molar-refractivity contribution in [3.05, 3.63) is 36.1 Å². The lowest BCUT2D eigenvalue weighted by Crippen LogP contribution is -2.05. The number of aliphatic hydroxyl groups excluding tert-OH is 1. The second-order valence-electron chi connectivity index (χ2n) is 5.27. The summed E-state index contributed by atoms with van der Waals surface area (Å²) in [5.74, 6) is 0. The molecule has 0 spiro atoms. The number of hydrogen-bond donors (Lipinski definition) is 1. The van der Waals surface area contributed by atoms with Crippen LogP contribution >= 0.6 is 0 Å². The van der Waals surface area contributed by atoms with Gasteiger partial charge in [0.25, 0.3) is 0 Å². The lowest BCUT2D eigenvalue weighted by Gasteiger charge is -2.12. The van der Waals surface area contributed by atoms with Gasteiger partial charge < -0.3 is 14.3 Å². The Morgan fingerprint density at radius 2 is 2.21 bits per heavy atom. The van der Waals surface area contributed by atoms with Gasteiger partial charge in [-0.2, -0.15) is 0 Å². The largest absolute Gasteiger partial charge is 0.464 e. The summed E-state index contributed by atoms with van der Waals surface area (Å²) in [6.45, 7) is 0.902. The quantitative estimate of drug-likeness (QED) is 0.888. The zero-order valence-corrected chi connectivity index (χ0v) is 11.0. The van der Waals surface area contributed by atoms with Crippen LogP contribution < -0.4 is 0 Å². The topological polar surface area (TPSA) is 42.6 Å². The molecule has 1 aromatic carbocycles. The summed E-state index contributed by atoms with van der Waals surface area (Å²) in [4.78, 5) is 0. The van der Waals surface area contributed by atoms with Gasteiger partial charge >= 0.3 is 0 Å². The number of benzene rings is 1. The molecule has 3 heteroatoms. The fraction of sp³-hybridized carbons (Fsp3) is 0.500. The molecule has 0 saturated carbocycles. The van der Waals surface area contributed by atoms with Gasteiger partial charge in [-0.1, -0.05) is 18.2 Å². The van der Waals surface area contributed by atoms with E-state index >= 15 is 0 Å². The van der Waals surface area contributed by atoms with E-state index in [1.54, 1.807) is 6.26 Å². The van der Waals surface area contributed by atoms with Gasteiger partial charge in [0.05, 0.1) is 18.5 Å². The number of para-hydroxylation sites is 1. The second kappa shape index (κ2) is 5.76. The van der Waals surface area contributed by atoms with Crippen LogP contribution in [-0.2, 0) is 4.74 Å². The highest BCUT2D eigenvalue weighted by Crippen LogP contribution is 2.29. The molecule has 2 atom stereocenters. The maximum atomic E-state index is 10.3. The minimum Gasteiger partial charge on any atom is -0.464 e. The molecule has 0 bridgehead atoms. The van der Waals surface area contributed by atoms with Gasteiger partial charge in [-0.3, -0.25) is 0 Å². The van der Waals surface area contributed by atoms with Crippen LogP contribution in [0.3, 0.4) is 0 Å². The van der Waals surface area contributed by atoms with Gasteiger partial charge in [-0.05, 0) is 38.2 Å². The molecule has 1 aliphatic heterocycles. The summed E-state index contributed by atoms with van der Waals surface area (Å²) in [7, 11) is 0. The van der Waals surface area contributed by atoms with Crippen molar-refractivity contribution in [1.29, 1.82) is 0 Å². The Kier molecular flexibility index (Phi) is 3.85. The Balaban J connectivity index is 1.58. The van der Waals surface area contributed by atoms with Gasteiger partial charge in [0, 0.05) is 17.6 Å². The fourth-order valence-electron chi connectivity index (χ4n) is 2.82. The van der Waals surface area contributed by atoms with Crippen LogP contribution in [0.15, 0.2) is 34.9 Å². The first-order chi connectivity index (χ1) is 9.34. The SMILES string of the molecule is OC(CCCC1CCCO1)c1coc2ccccc12. The Bertz CT molecular complexity index is 526. The monoisotopic (exact) mass is 260 g/mol. The molecule has 3 rings (SSSR count). The van der Waals surface area contributed by atoms with Gasteiger partial charge in [0.1, 0.15) is 5.58 Å². The molecule has 19 heavy (non-hydrogen) atoms. The van der Waals surface area contributed by atoms with Crippen molar-refractivity contribution in [3.63, 3.8) is 0 Å². The van der Waals surface area contributed by atoms with E-state index < -0.39 is 6.10 Å². The average molecular weight is 260 g/mol. The van der Waals surface area contributed by atoms with Crippen LogP contribution in [0, 0.1) is 0 Å². The van der Waals surface area contributed by atoms with E-state index in [1.165, 1.54) is 12.8 Å². The molecule has 3 nitrogen and oxygen atoms in total. The van der Waals surface area contributed by atoms with E-state index in [1.807, 2.05) is 24.3 Å². The Labute approximate surface area is 113 Å². The van der Waals surface area contributed by atoms with Crippen molar-refractivity contribution < 1.29 is 14.3 Å². The van der Waals surface area contributed by atoms with Crippen molar-refractivity contribution in [2.24, 2.45) is 0 Å². The summed E-state index contributed by atoms with van der Waals surface area (Å²) in [6.07, 6.45) is 6.81. The Morgan fingerprint density at radius 1 is 1.32 bits per heavy atom. The van der Waals surface area contributed by atoms with Crippen molar-refractivity contribution in [2.45, 2.75) is 44.3 Å². The van der Waals surface area contributed by atoms with E-state index in [4.69, 9.17) is 9.15 Å². The molecule has 1 aliphatic rings. The van der Waals surface area contributed by atoms with Crippen LogP contribution in [0.4, 0.5) is 0 Å². The maximum Gasteiger partial charge on any atom is 0.134 e. The minimum absolute atomic E-state index is 0.410. The number of hydrogen-bond acceptors (Lipinski definition) is 3. The van der Waals surface area contributed by atoms with E-state index in [0.717, 1.165) is 42.4 Å². The molecule has 1 fully saturated rings. The van der Waals surface area contributed by atoms with E-state index in [-0.39, 0.29) is 0 Å². The van der Waals surface area contributed by atoms with Gasteiger partial charge in [-0.15, -0.1) is 0 Å². The first kappa shape index (κ1) is 12.7. The standard InChI is InChI=1S/C16H20O3/c17-15(8-3-5-12-6-4-10-18-12)14-11-19-16-9-2-1-7-13(14)16/h1-2,7,9,11-12,15,17H,3-6,8,10H2. The van der Waals surface area contributed by atoms with Crippen LogP contribution in [0.1, 0.15) is 43.8 Å². The van der Waals surface area contributed by atoms with Crippen molar-refractivity contribution in [1.82, 2.24) is 0 Å². The summed E-state index contributed by atoms with van der Waals surface area (Å²) in [6, 6.07) is 7.84. The molecular formula is C16H20O3. The molecule has 1 N–H and O–H groups in total. The second-order valence-corrected chi connectivity index (χ2v) is 5.27. The third kappa shape index (κ3) is 2.82. The van der Waals surface area contributed by atoms with E-state index in [2.05, 4.69) is 0 Å². The number of furan rings is 1. The average Bonchev–Trinajstić information content (AvgIpc) is 3.07. The first-order valence-corrected chi connectivity index (χ1v) is 7.10. The van der Waals surface area contributed by atoms with Crippen LogP contribution in [-0.4, -0.2) is 17.8 Å².